The fraction of sp³-hybridized carbons (Fsp3) is 0.556. The Morgan fingerprint density at radius 1 is 1.22 bits per heavy atom. The van der Waals surface area contributed by atoms with E-state index >= 15 is 0 Å². The number of anilines is 1. The zero-order chi connectivity index (χ0) is 17.8. The van der Waals surface area contributed by atoms with Crippen LogP contribution < -0.4 is 15.5 Å². The van der Waals surface area contributed by atoms with Crippen LogP contribution in [0.5, 0.6) is 0 Å². The van der Waals surface area contributed by atoms with Crippen molar-refractivity contribution < 1.29 is 4.79 Å². The van der Waals surface area contributed by atoms with Gasteiger partial charge in [0.1, 0.15) is 5.69 Å². The molecular formula is C18H26ClN7O. The first-order chi connectivity index (χ1) is 12.8. The predicted molar refractivity (Wildman–Crippen MR) is 105 cm³/mol. The minimum Gasteiger partial charge on any atom is -0.346 e. The maximum absolute atomic E-state index is 12.6. The van der Waals surface area contributed by atoms with Crippen LogP contribution in [0.15, 0.2) is 30.7 Å². The lowest BCUT2D eigenvalue weighted by Gasteiger charge is -2.32. The Balaban J connectivity index is 0.00000210. The van der Waals surface area contributed by atoms with Gasteiger partial charge in [0.05, 0.1) is 6.04 Å². The highest BCUT2D eigenvalue weighted by molar-refractivity contribution is 5.92. The molecule has 4 rings (SSSR count). The number of aromatic nitrogens is 4. The number of carbonyl (C=O) groups excluding carboxylic acids is 1. The summed E-state index contributed by atoms with van der Waals surface area (Å²) in [6, 6.07) is 4.04. The molecule has 27 heavy (non-hydrogen) atoms. The van der Waals surface area contributed by atoms with Crippen LogP contribution in [0.3, 0.4) is 0 Å². The molecular weight excluding hydrogens is 366 g/mol. The number of piperidine rings is 2. The van der Waals surface area contributed by atoms with E-state index in [1.165, 1.54) is 0 Å². The van der Waals surface area contributed by atoms with Gasteiger partial charge in [-0.3, -0.25) is 9.48 Å². The molecule has 9 heteroatoms. The van der Waals surface area contributed by atoms with E-state index in [2.05, 4.69) is 30.6 Å². The van der Waals surface area contributed by atoms with Gasteiger partial charge in [-0.15, -0.1) is 12.4 Å². The minimum atomic E-state index is -0.103. The summed E-state index contributed by atoms with van der Waals surface area (Å²) in [6.45, 7) is 3.62. The fourth-order valence-corrected chi connectivity index (χ4v) is 3.71. The Hall–Kier alpha value is -2.19. The number of hydrogen-bond acceptors (Lipinski definition) is 6. The lowest BCUT2D eigenvalue weighted by molar-refractivity contribution is 0.0926. The van der Waals surface area contributed by atoms with Crippen molar-refractivity contribution in [3.05, 3.63) is 36.4 Å². The third-order valence-corrected chi connectivity index (χ3v) is 5.08. The number of nitrogens with one attached hydrogen (secondary N) is 2. The van der Waals surface area contributed by atoms with Gasteiger partial charge >= 0.3 is 0 Å². The van der Waals surface area contributed by atoms with Crippen molar-refractivity contribution in [1.82, 2.24) is 30.4 Å². The highest BCUT2D eigenvalue weighted by Gasteiger charge is 2.24. The predicted octanol–water partition coefficient (Wildman–Crippen LogP) is 1.42. The van der Waals surface area contributed by atoms with E-state index in [1.54, 1.807) is 12.4 Å². The van der Waals surface area contributed by atoms with Crippen molar-refractivity contribution in [2.75, 3.05) is 31.1 Å². The Morgan fingerprint density at radius 2 is 2.07 bits per heavy atom. The van der Waals surface area contributed by atoms with E-state index < -0.39 is 0 Å². The zero-order valence-electron chi connectivity index (χ0n) is 15.3. The molecule has 2 aromatic rings. The standard InChI is InChI=1S/C18H25N7O.ClH/c26-17(16-6-11-25(23-16)15-5-1-7-19-12-15)22-14-4-2-10-24(13-14)18-20-8-3-9-21-18;/h3,6,8-9,11,14-15,19H,1-2,4-5,7,10,12-13H2,(H,22,26);1H. The second-order valence-corrected chi connectivity index (χ2v) is 6.99. The van der Waals surface area contributed by atoms with Crippen LogP contribution in [0.4, 0.5) is 5.95 Å². The van der Waals surface area contributed by atoms with Gasteiger partial charge < -0.3 is 15.5 Å². The van der Waals surface area contributed by atoms with Crippen LogP contribution in [0.2, 0.25) is 0 Å². The summed E-state index contributed by atoms with van der Waals surface area (Å²) in [6.07, 6.45) is 9.62. The Labute approximate surface area is 165 Å². The molecule has 2 saturated heterocycles. The van der Waals surface area contributed by atoms with Gasteiger partial charge in [-0.2, -0.15) is 5.10 Å². The second kappa shape index (κ2) is 9.14. The number of rotatable bonds is 4. The van der Waals surface area contributed by atoms with Crippen LogP contribution in [0.1, 0.15) is 42.2 Å². The summed E-state index contributed by atoms with van der Waals surface area (Å²) < 4.78 is 1.92. The number of amides is 1. The molecule has 4 heterocycles. The summed E-state index contributed by atoms with van der Waals surface area (Å²) in [5.74, 6) is 0.619. The van der Waals surface area contributed by atoms with Crippen molar-refractivity contribution >= 4 is 24.3 Å². The Bertz CT molecular complexity index is 732. The van der Waals surface area contributed by atoms with E-state index in [4.69, 9.17) is 0 Å². The van der Waals surface area contributed by atoms with Crippen LogP contribution in [0.25, 0.3) is 0 Å². The summed E-state index contributed by atoms with van der Waals surface area (Å²) in [4.78, 5) is 23.3. The maximum Gasteiger partial charge on any atom is 0.272 e. The SMILES string of the molecule is Cl.O=C(NC1CCCN(c2ncccn2)C1)c1ccn(C2CCCNC2)n1. The first-order valence-electron chi connectivity index (χ1n) is 9.38. The molecule has 8 nitrogen and oxygen atoms in total. The Kier molecular flexibility index (Phi) is 6.63. The number of hydrogen-bond donors (Lipinski definition) is 2. The smallest absolute Gasteiger partial charge is 0.272 e. The van der Waals surface area contributed by atoms with Crippen LogP contribution >= 0.6 is 12.4 Å². The van der Waals surface area contributed by atoms with Gasteiger partial charge in [-0.05, 0) is 44.4 Å². The third kappa shape index (κ3) is 4.75. The van der Waals surface area contributed by atoms with E-state index in [1.807, 2.05) is 23.0 Å². The average molecular weight is 392 g/mol. The van der Waals surface area contributed by atoms with Gasteiger partial charge in [0.2, 0.25) is 5.95 Å². The first-order valence-corrected chi connectivity index (χ1v) is 9.38. The van der Waals surface area contributed by atoms with Gasteiger partial charge in [0.15, 0.2) is 0 Å². The molecule has 2 atom stereocenters. The molecule has 146 valence electrons. The third-order valence-electron chi connectivity index (χ3n) is 5.08. The highest BCUT2D eigenvalue weighted by Crippen LogP contribution is 2.17. The van der Waals surface area contributed by atoms with Crippen LogP contribution in [-0.2, 0) is 0 Å². The fourth-order valence-electron chi connectivity index (χ4n) is 3.71. The topological polar surface area (TPSA) is 88.0 Å². The molecule has 0 aliphatic carbocycles. The van der Waals surface area contributed by atoms with Gasteiger partial charge in [-0.25, -0.2) is 9.97 Å². The number of carbonyl (C=O) groups is 1. The van der Waals surface area contributed by atoms with E-state index in [9.17, 15) is 4.79 Å². The molecule has 0 radical (unpaired) electrons. The molecule has 2 aliphatic rings. The van der Waals surface area contributed by atoms with Gasteiger partial charge in [0, 0.05) is 44.3 Å². The molecule has 0 aromatic carbocycles. The molecule has 2 unspecified atom stereocenters. The van der Waals surface area contributed by atoms with Gasteiger partial charge in [-0.1, -0.05) is 0 Å². The molecule has 0 bridgehead atoms. The van der Waals surface area contributed by atoms with E-state index in [0.717, 1.165) is 57.8 Å². The largest absolute Gasteiger partial charge is 0.346 e. The first kappa shape index (κ1) is 19.6. The lowest BCUT2D eigenvalue weighted by Crippen LogP contribution is -2.48. The van der Waals surface area contributed by atoms with E-state index in [-0.39, 0.29) is 24.4 Å². The number of halogens is 1. The molecule has 0 saturated carbocycles. The van der Waals surface area contributed by atoms with Crippen molar-refractivity contribution in [3.8, 4) is 0 Å². The maximum atomic E-state index is 12.6. The highest BCUT2D eigenvalue weighted by atomic mass is 35.5. The molecule has 2 aliphatic heterocycles. The molecule has 1 amide bonds. The lowest BCUT2D eigenvalue weighted by atomic mass is 10.1. The quantitative estimate of drug-likeness (QED) is 0.819. The summed E-state index contributed by atoms with van der Waals surface area (Å²) in [5.41, 5.74) is 0.489. The van der Waals surface area contributed by atoms with Crippen molar-refractivity contribution in [2.24, 2.45) is 0 Å². The van der Waals surface area contributed by atoms with Crippen molar-refractivity contribution in [3.63, 3.8) is 0 Å². The number of nitrogens with zero attached hydrogens (tertiary/aromatic N) is 5. The second-order valence-electron chi connectivity index (χ2n) is 6.99. The van der Waals surface area contributed by atoms with Crippen LogP contribution in [0, 0.1) is 0 Å². The summed E-state index contributed by atoms with van der Waals surface area (Å²) in [5, 5.41) is 11.0. The normalized spacial score (nSPS) is 22.7. The molecule has 2 aromatic heterocycles. The molecule has 2 fully saturated rings. The van der Waals surface area contributed by atoms with Crippen molar-refractivity contribution in [1.29, 1.82) is 0 Å². The van der Waals surface area contributed by atoms with Crippen molar-refractivity contribution in [2.45, 2.75) is 37.8 Å². The molecule has 2 N–H and O–H groups in total. The monoisotopic (exact) mass is 391 g/mol. The molecule has 0 spiro atoms. The summed E-state index contributed by atoms with van der Waals surface area (Å²) in [7, 11) is 0. The van der Waals surface area contributed by atoms with E-state index in [0.29, 0.717) is 11.7 Å². The minimum absolute atomic E-state index is 0. The van der Waals surface area contributed by atoms with Gasteiger partial charge in [0.25, 0.3) is 5.91 Å². The zero-order valence-corrected chi connectivity index (χ0v) is 16.1. The summed E-state index contributed by atoms with van der Waals surface area (Å²) >= 11 is 0. The van der Waals surface area contributed by atoms with Crippen LogP contribution in [-0.4, -0.2) is 57.9 Å². The Morgan fingerprint density at radius 3 is 2.85 bits per heavy atom. The average Bonchev–Trinajstić information content (AvgIpc) is 3.20.